The quantitative estimate of drug-likeness (QED) is 0.380. The van der Waals surface area contributed by atoms with Gasteiger partial charge in [0.2, 0.25) is 0 Å². The smallest absolute Gasteiger partial charge is 0.336 e. The molecule has 0 saturated heterocycles. The molecule has 0 bridgehead atoms. The van der Waals surface area contributed by atoms with Crippen LogP contribution in [0.3, 0.4) is 0 Å². The number of ether oxygens (including phenoxy) is 4. The van der Waals surface area contributed by atoms with Crippen molar-refractivity contribution in [2.24, 2.45) is 10.9 Å². The zero-order valence-corrected chi connectivity index (χ0v) is 24.3. The lowest BCUT2D eigenvalue weighted by Gasteiger charge is -2.38. The molecule has 2 fully saturated rings. The van der Waals surface area contributed by atoms with Crippen LogP contribution in [-0.2, 0) is 14.3 Å². The van der Waals surface area contributed by atoms with E-state index in [9.17, 15) is 14.7 Å². The number of Topliss-reactive ketones (excluding diaryl/α,β-unsaturated/α-hetero) is 1. The molecule has 2 saturated carbocycles. The van der Waals surface area contributed by atoms with Crippen molar-refractivity contribution in [1.29, 1.82) is 0 Å². The number of benzene rings is 2. The monoisotopic (exact) mass is 561 g/mol. The fourth-order valence-corrected chi connectivity index (χ4v) is 6.54. The molecule has 3 atom stereocenters. The van der Waals surface area contributed by atoms with Gasteiger partial charge in [-0.3, -0.25) is 9.79 Å². The van der Waals surface area contributed by atoms with Crippen LogP contribution in [0.1, 0.15) is 81.8 Å². The molecule has 5 rings (SSSR count). The van der Waals surface area contributed by atoms with Crippen LogP contribution < -0.4 is 14.2 Å². The predicted octanol–water partition coefficient (Wildman–Crippen LogP) is 6.26. The van der Waals surface area contributed by atoms with E-state index < -0.39 is 17.8 Å². The van der Waals surface area contributed by atoms with Crippen LogP contribution in [0.5, 0.6) is 23.0 Å². The van der Waals surface area contributed by atoms with Crippen molar-refractivity contribution >= 4 is 17.5 Å². The molecule has 1 unspecified atom stereocenters. The number of aromatic hydroxyl groups is 1. The molecule has 0 amide bonds. The van der Waals surface area contributed by atoms with Gasteiger partial charge in [0.1, 0.15) is 11.9 Å². The summed E-state index contributed by atoms with van der Waals surface area (Å²) in [7, 11) is 3.19. The molecule has 3 aliphatic rings. The Morgan fingerprint density at radius 3 is 2.34 bits per heavy atom. The number of nitrogens with zero attached hydrogens (tertiary/aromatic N) is 1. The van der Waals surface area contributed by atoms with Crippen LogP contribution in [0.25, 0.3) is 0 Å². The van der Waals surface area contributed by atoms with Gasteiger partial charge in [-0.05, 0) is 87.3 Å². The zero-order valence-electron chi connectivity index (χ0n) is 24.3. The second kappa shape index (κ2) is 12.4. The summed E-state index contributed by atoms with van der Waals surface area (Å²) < 4.78 is 22.6. The van der Waals surface area contributed by atoms with Crippen molar-refractivity contribution in [3.8, 4) is 23.0 Å². The number of phenolic OH excluding ortho intramolecular Hbond substituents is 1. The summed E-state index contributed by atoms with van der Waals surface area (Å²) in [5.41, 5.74) is 3.42. The van der Waals surface area contributed by atoms with Gasteiger partial charge in [0.05, 0.1) is 32.3 Å². The number of carbonyl (C=O) groups excluding carboxylic acids is 2. The molecule has 0 aromatic heterocycles. The largest absolute Gasteiger partial charge is 0.504 e. The number of fused-ring (bicyclic) bond motifs is 1. The number of methoxy groups -OCH3 is 2. The molecular weight excluding hydrogens is 522 g/mol. The summed E-state index contributed by atoms with van der Waals surface area (Å²) in [6.45, 7) is 4.03. The summed E-state index contributed by atoms with van der Waals surface area (Å²) >= 11 is 0. The molecule has 2 aromatic rings. The minimum atomic E-state index is -0.608. The predicted molar refractivity (Wildman–Crippen MR) is 155 cm³/mol. The lowest BCUT2D eigenvalue weighted by Crippen LogP contribution is -2.41. The van der Waals surface area contributed by atoms with Gasteiger partial charge in [-0.25, -0.2) is 4.79 Å². The third-order valence-electron chi connectivity index (χ3n) is 8.52. The summed E-state index contributed by atoms with van der Waals surface area (Å²) in [5.74, 6) is -0.109. The fourth-order valence-electron chi connectivity index (χ4n) is 6.54. The average Bonchev–Trinajstić information content (AvgIpc) is 2.97. The topological polar surface area (TPSA) is 104 Å². The first-order chi connectivity index (χ1) is 19.8. The minimum absolute atomic E-state index is 0.0100. The number of rotatable bonds is 8. The van der Waals surface area contributed by atoms with Gasteiger partial charge < -0.3 is 24.1 Å². The first kappa shape index (κ1) is 28.7. The number of carbonyl (C=O) groups is 2. The van der Waals surface area contributed by atoms with Crippen molar-refractivity contribution in [3.05, 3.63) is 58.8 Å². The number of hydrogen-bond donors (Lipinski definition) is 1. The van der Waals surface area contributed by atoms with Crippen molar-refractivity contribution < 1.29 is 33.6 Å². The molecule has 1 aliphatic heterocycles. The second-order valence-electron chi connectivity index (χ2n) is 11.1. The average molecular weight is 562 g/mol. The van der Waals surface area contributed by atoms with Gasteiger partial charge in [-0.2, -0.15) is 0 Å². The van der Waals surface area contributed by atoms with Crippen LogP contribution in [-0.4, -0.2) is 49.5 Å². The number of allylic oxidation sites excluding steroid dienone is 1. The Bertz CT molecular complexity index is 1370. The second-order valence-corrected chi connectivity index (χ2v) is 11.1. The molecule has 8 heteroatoms. The third-order valence-corrected chi connectivity index (χ3v) is 8.52. The molecule has 2 aliphatic carbocycles. The van der Waals surface area contributed by atoms with E-state index in [1.54, 1.807) is 32.4 Å². The van der Waals surface area contributed by atoms with Gasteiger partial charge in [0.15, 0.2) is 23.0 Å². The molecule has 41 heavy (non-hydrogen) atoms. The number of phenols is 1. The summed E-state index contributed by atoms with van der Waals surface area (Å²) in [6, 6.07) is 10.8. The first-order valence-electron chi connectivity index (χ1n) is 14.5. The lowest BCUT2D eigenvalue weighted by molar-refractivity contribution is -0.146. The van der Waals surface area contributed by atoms with E-state index in [-0.39, 0.29) is 23.6 Å². The lowest BCUT2D eigenvalue weighted by atomic mass is 9.66. The molecule has 1 N–H and O–H groups in total. The highest BCUT2D eigenvalue weighted by Gasteiger charge is 2.46. The van der Waals surface area contributed by atoms with E-state index in [1.807, 2.05) is 32.0 Å². The summed E-state index contributed by atoms with van der Waals surface area (Å²) in [6.07, 6.45) is 5.67. The number of esters is 1. The maximum absolute atomic E-state index is 14.0. The van der Waals surface area contributed by atoms with Crippen LogP contribution in [0.4, 0.5) is 0 Å². The Hall–Kier alpha value is -3.81. The molecule has 1 heterocycles. The third kappa shape index (κ3) is 5.83. The summed E-state index contributed by atoms with van der Waals surface area (Å²) in [5, 5.41) is 10.4. The number of hydrogen-bond acceptors (Lipinski definition) is 8. The molecule has 2 aromatic carbocycles. The summed E-state index contributed by atoms with van der Waals surface area (Å²) in [4.78, 5) is 32.7. The van der Waals surface area contributed by atoms with E-state index in [4.69, 9.17) is 23.9 Å². The van der Waals surface area contributed by atoms with Gasteiger partial charge >= 0.3 is 5.97 Å². The van der Waals surface area contributed by atoms with E-state index >= 15 is 0 Å². The van der Waals surface area contributed by atoms with Gasteiger partial charge in [0, 0.05) is 23.7 Å². The highest BCUT2D eigenvalue weighted by atomic mass is 16.5. The fraction of sp³-hybridized carbons (Fsp3) is 0.485. The number of aliphatic imine (C=N–C) groups is 1. The Morgan fingerprint density at radius 1 is 0.927 bits per heavy atom. The van der Waals surface area contributed by atoms with E-state index in [1.165, 1.54) is 0 Å². The minimum Gasteiger partial charge on any atom is -0.504 e. The SMILES string of the molecule is CCOc1cc([C@H]2C(C(=O)OC3CCCCC3)=C(C)N=C3C[C@H](c4ccc(OC)c(OC)c4)CC(=O)C32)ccc1O. The Balaban J connectivity index is 1.54. The van der Waals surface area contributed by atoms with Gasteiger partial charge in [0.25, 0.3) is 0 Å². The molecular formula is C33H39NO7. The van der Waals surface area contributed by atoms with Crippen molar-refractivity contribution in [2.75, 3.05) is 20.8 Å². The maximum Gasteiger partial charge on any atom is 0.336 e. The Morgan fingerprint density at radius 2 is 1.63 bits per heavy atom. The Kier molecular flexibility index (Phi) is 8.66. The van der Waals surface area contributed by atoms with Crippen molar-refractivity contribution in [3.63, 3.8) is 0 Å². The van der Waals surface area contributed by atoms with Crippen LogP contribution in [0.15, 0.2) is 52.7 Å². The Labute approximate surface area is 241 Å². The van der Waals surface area contributed by atoms with Crippen LogP contribution in [0.2, 0.25) is 0 Å². The number of ketones is 1. The van der Waals surface area contributed by atoms with Crippen LogP contribution in [0, 0.1) is 5.92 Å². The standard InChI is InChI=1S/C33H39NO7/c1-5-40-28-18-21(11-13-25(28)35)31-30(33(37)41-23-9-7-6-8-10-23)19(2)34-24-15-22(16-26(36)32(24)31)20-12-14-27(38-3)29(17-20)39-4/h11-14,17-18,22-23,31-32,35H,5-10,15-16H2,1-4H3/t22-,31-,32?/m0/s1. The van der Waals surface area contributed by atoms with E-state index in [0.717, 1.165) is 48.9 Å². The zero-order chi connectivity index (χ0) is 29.1. The highest BCUT2D eigenvalue weighted by molar-refractivity contribution is 6.12. The molecule has 0 spiro atoms. The van der Waals surface area contributed by atoms with Gasteiger partial charge in [-0.1, -0.05) is 18.6 Å². The highest BCUT2D eigenvalue weighted by Crippen LogP contribution is 2.48. The molecule has 0 radical (unpaired) electrons. The molecule has 8 nitrogen and oxygen atoms in total. The first-order valence-corrected chi connectivity index (χ1v) is 14.5. The van der Waals surface area contributed by atoms with Gasteiger partial charge in [-0.15, -0.1) is 0 Å². The molecule has 218 valence electrons. The normalized spacial score (nSPS) is 23.0. The van der Waals surface area contributed by atoms with Crippen molar-refractivity contribution in [1.82, 2.24) is 0 Å². The van der Waals surface area contributed by atoms with E-state index in [0.29, 0.717) is 48.0 Å². The van der Waals surface area contributed by atoms with Crippen molar-refractivity contribution in [2.45, 2.75) is 76.7 Å². The van der Waals surface area contributed by atoms with Crippen LogP contribution >= 0.6 is 0 Å². The van der Waals surface area contributed by atoms with E-state index in [2.05, 4.69) is 0 Å². The maximum atomic E-state index is 14.0.